The molecule has 96 valence electrons. The van der Waals surface area contributed by atoms with E-state index in [9.17, 15) is 8.78 Å². The number of halogens is 2. The van der Waals surface area contributed by atoms with E-state index in [1.165, 1.54) is 0 Å². The van der Waals surface area contributed by atoms with Gasteiger partial charge in [0.2, 0.25) is 0 Å². The van der Waals surface area contributed by atoms with Crippen molar-refractivity contribution in [3.8, 4) is 0 Å². The van der Waals surface area contributed by atoms with Crippen LogP contribution in [0.25, 0.3) is 0 Å². The smallest absolute Gasteiger partial charge is 0.163 e. The molecule has 0 fully saturated rings. The second-order valence-corrected chi connectivity index (χ2v) is 4.98. The van der Waals surface area contributed by atoms with Crippen LogP contribution in [0.4, 0.5) is 8.78 Å². The monoisotopic (exact) mass is 241 g/mol. The molecule has 0 amide bonds. The lowest BCUT2D eigenvalue weighted by Gasteiger charge is -2.34. The largest absolute Gasteiger partial charge is 0.310 e. The van der Waals surface area contributed by atoms with Crippen LogP contribution in [0, 0.1) is 17.0 Å². The van der Waals surface area contributed by atoms with E-state index in [-0.39, 0.29) is 11.5 Å². The normalized spacial score (nSPS) is 13.8. The van der Waals surface area contributed by atoms with Gasteiger partial charge in [-0.3, -0.25) is 0 Å². The molecular formula is C14H21F2N. The van der Waals surface area contributed by atoms with Gasteiger partial charge in [-0.2, -0.15) is 0 Å². The van der Waals surface area contributed by atoms with Gasteiger partial charge in [-0.15, -0.1) is 0 Å². The van der Waals surface area contributed by atoms with E-state index >= 15 is 0 Å². The molecule has 0 spiro atoms. The van der Waals surface area contributed by atoms with Crippen LogP contribution in [0.3, 0.4) is 0 Å². The molecular weight excluding hydrogens is 220 g/mol. The number of nitrogens with one attached hydrogen (secondary N) is 1. The Morgan fingerprint density at radius 3 is 2.41 bits per heavy atom. The Bertz CT molecular complexity index is 374. The number of hydrogen-bond donors (Lipinski definition) is 1. The van der Waals surface area contributed by atoms with Crippen molar-refractivity contribution in [1.82, 2.24) is 5.32 Å². The summed E-state index contributed by atoms with van der Waals surface area (Å²) in [5, 5.41) is 3.25. The quantitative estimate of drug-likeness (QED) is 0.820. The van der Waals surface area contributed by atoms with Crippen LogP contribution in [0.2, 0.25) is 0 Å². The van der Waals surface area contributed by atoms with Gasteiger partial charge in [0.1, 0.15) is 0 Å². The molecule has 0 saturated carbocycles. The number of benzene rings is 1. The van der Waals surface area contributed by atoms with Crippen LogP contribution in [-0.4, -0.2) is 6.54 Å². The molecule has 1 aromatic rings. The Morgan fingerprint density at radius 1 is 1.24 bits per heavy atom. The molecule has 1 nitrogen and oxygen atoms in total. The third-order valence-electron chi connectivity index (χ3n) is 3.39. The van der Waals surface area contributed by atoms with Gasteiger partial charge in [-0.25, -0.2) is 8.78 Å². The SMILES string of the molecule is CCNC(c1cccc(F)c1F)C(C)(C)CC. The Kier molecular flexibility index (Phi) is 4.63. The van der Waals surface area contributed by atoms with Gasteiger partial charge in [0.05, 0.1) is 0 Å². The van der Waals surface area contributed by atoms with Crippen LogP contribution in [0.1, 0.15) is 45.7 Å². The fourth-order valence-corrected chi connectivity index (χ4v) is 1.96. The molecule has 1 rings (SSSR count). The lowest BCUT2D eigenvalue weighted by molar-refractivity contribution is 0.231. The molecule has 0 bridgehead atoms. The van der Waals surface area contributed by atoms with Gasteiger partial charge in [0.25, 0.3) is 0 Å². The molecule has 0 aliphatic rings. The van der Waals surface area contributed by atoms with Crippen molar-refractivity contribution in [2.75, 3.05) is 6.54 Å². The predicted octanol–water partition coefficient (Wildman–Crippen LogP) is 4.05. The summed E-state index contributed by atoms with van der Waals surface area (Å²) in [6.07, 6.45) is 0.890. The van der Waals surface area contributed by atoms with Gasteiger partial charge in [-0.1, -0.05) is 39.8 Å². The van der Waals surface area contributed by atoms with Crippen molar-refractivity contribution in [2.45, 2.75) is 40.2 Å². The number of rotatable bonds is 5. The summed E-state index contributed by atoms with van der Waals surface area (Å²) in [6.45, 7) is 8.87. The van der Waals surface area contributed by atoms with Crippen LogP contribution < -0.4 is 5.32 Å². The van der Waals surface area contributed by atoms with Crippen molar-refractivity contribution in [3.05, 3.63) is 35.4 Å². The molecule has 1 aromatic carbocycles. The van der Waals surface area contributed by atoms with Crippen molar-refractivity contribution >= 4 is 0 Å². The maximum Gasteiger partial charge on any atom is 0.163 e. The molecule has 1 N–H and O–H groups in total. The highest BCUT2D eigenvalue weighted by atomic mass is 19.2. The average Bonchev–Trinajstić information content (AvgIpc) is 2.30. The molecule has 0 aliphatic carbocycles. The maximum atomic E-state index is 13.8. The Morgan fingerprint density at radius 2 is 1.88 bits per heavy atom. The highest BCUT2D eigenvalue weighted by Crippen LogP contribution is 2.37. The van der Waals surface area contributed by atoms with Crippen molar-refractivity contribution < 1.29 is 8.78 Å². The minimum Gasteiger partial charge on any atom is -0.310 e. The third-order valence-corrected chi connectivity index (χ3v) is 3.39. The first-order valence-corrected chi connectivity index (χ1v) is 6.11. The zero-order valence-electron chi connectivity index (χ0n) is 11.0. The molecule has 3 heteroatoms. The van der Waals surface area contributed by atoms with E-state index in [1.807, 2.05) is 6.92 Å². The Labute approximate surface area is 102 Å². The standard InChI is InChI=1S/C14H21F2N/c1-5-14(3,4)13(17-6-2)10-8-7-9-11(15)12(10)16/h7-9,13,17H,5-6H2,1-4H3. The van der Waals surface area contributed by atoms with E-state index in [4.69, 9.17) is 0 Å². The van der Waals surface area contributed by atoms with Gasteiger partial charge in [0, 0.05) is 11.6 Å². The molecule has 1 unspecified atom stereocenters. The van der Waals surface area contributed by atoms with Gasteiger partial charge in [-0.05, 0) is 24.4 Å². The van der Waals surface area contributed by atoms with Crippen molar-refractivity contribution in [3.63, 3.8) is 0 Å². The summed E-state index contributed by atoms with van der Waals surface area (Å²) < 4.78 is 27.1. The highest BCUT2D eigenvalue weighted by Gasteiger charge is 2.31. The summed E-state index contributed by atoms with van der Waals surface area (Å²) in [5.74, 6) is -1.52. The fourth-order valence-electron chi connectivity index (χ4n) is 1.96. The Hall–Kier alpha value is -0.960. The second-order valence-electron chi connectivity index (χ2n) is 4.98. The lowest BCUT2D eigenvalue weighted by Crippen LogP contribution is -2.34. The topological polar surface area (TPSA) is 12.0 Å². The molecule has 0 saturated heterocycles. The molecule has 0 radical (unpaired) electrons. The summed E-state index contributed by atoms with van der Waals surface area (Å²) >= 11 is 0. The summed E-state index contributed by atoms with van der Waals surface area (Å²) in [5.41, 5.74) is 0.295. The molecule has 0 aromatic heterocycles. The van der Waals surface area contributed by atoms with E-state index < -0.39 is 11.6 Å². The minimum atomic E-state index is -0.780. The van der Waals surface area contributed by atoms with Crippen LogP contribution in [-0.2, 0) is 0 Å². The van der Waals surface area contributed by atoms with E-state index in [2.05, 4.69) is 26.1 Å². The summed E-state index contributed by atoms with van der Waals surface area (Å²) in [4.78, 5) is 0. The van der Waals surface area contributed by atoms with E-state index in [0.29, 0.717) is 5.56 Å². The zero-order chi connectivity index (χ0) is 13.1. The zero-order valence-corrected chi connectivity index (χ0v) is 11.0. The predicted molar refractivity (Wildman–Crippen MR) is 66.8 cm³/mol. The van der Waals surface area contributed by atoms with Crippen molar-refractivity contribution in [1.29, 1.82) is 0 Å². The fraction of sp³-hybridized carbons (Fsp3) is 0.571. The Balaban J connectivity index is 3.18. The molecule has 17 heavy (non-hydrogen) atoms. The molecule has 0 heterocycles. The summed E-state index contributed by atoms with van der Waals surface area (Å²) in [6, 6.07) is 4.20. The van der Waals surface area contributed by atoms with Gasteiger partial charge < -0.3 is 5.32 Å². The van der Waals surface area contributed by atoms with E-state index in [1.54, 1.807) is 12.1 Å². The van der Waals surface area contributed by atoms with Crippen LogP contribution in [0.15, 0.2) is 18.2 Å². The highest BCUT2D eigenvalue weighted by molar-refractivity contribution is 5.24. The summed E-state index contributed by atoms with van der Waals surface area (Å²) in [7, 11) is 0. The third kappa shape index (κ3) is 3.03. The minimum absolute atomic E-state index is 0.120. The molecule has 0 aliphatic heterocycles. The van der Waals surface area contributed by atoms with Crippen LogP contribution in [0.5, 0.6) is 0 Å². The maximum absolute atomic E-state index is 13.8. The molecule has 1 atom stereocenters. The average molecular weight is 241 g/mol. The van der Waals surface area contributed by atoms with Gasteiger partial charge in [0.15, 0.2) is 11.6 Å². The first-order valence-electron chi connectivity index (χ1n) is 6.11. The first kappa shape index (κ1) is 14.1. The first-order chi connectivity index (χ1) is 7.94. The van der Waals surface area contributed by atoms with Crippen molar-refractivity contribution in [2.24, 2.45) is 5.41 Å². The number of hydrogen-bond acceptors (Lipinski definition) is 1. The second kappa shape index (κ2) is 5.58. The van der Waals surface area contributed by atoms with Gasteiger partial charge >= 0.3 is 0 Å². The lowest BCUT2D eigenvalue weighted by atomic mass is 9.78. The van der Waals surface area contributed by atoms with E-state index in [0.717, 1.165) is 19.0 Å². The van der Waals surface area contributed by atoms with Crippen LogP contribution >= 0.6 is 0 Å².